The van der Waals surface area contributed by atoms with Gasteiger partial charge in [-0.25, -0.2) is 24.4 Å². The molecule has 0 spiro atoms. The Labute approximate surface area is 657 Å². The standard InChI is InChI=1S/C78H94N12O20S3/c1-47(2)56(34-53(91)36-88-52(39-108-29-31-113(105,106)107)33-61(70(88)97)90-65(93)21-22-66(90)94)69(96)82-59(13-9-24-80-72(79)100)62(92)32-49-15-17-50(18-16-49)38-109-74(101)86(27-30-112(102,103)104)26-28-110-78-43-75(4)40-76(5,44-78)42-77(41-75,45-78)46-89-48(3)57(35-81-89)54-19-20-64(84-67(54)71(98)99)87-25-23-51-10-8-11-55(58(51)37-87)68(95)85-73-83-60-12-6-7-14-63(60)111-73/h6-8,10-12,14-22,35,47,52,56,59,61H,9,13,23-34,36-46H2,1-5H3,(H,82,96)(H,98,99)(H3,79,80,100)(H,83,85,95)(H,102,103,104)(H,105,106,107)/t52-,56-,59-,61-,75?,76?,77?,78?/m0/s1. The molecular weight excluding hydrogens is 1520 g/mol. The zero-order valence-corrected chi connectivity index (χ0v) is 65.9. The van der Waals surface area contributed by atoms with Gasteiger partial charge in [0.05, 0.1) is 72.0 Å². The number of amides is 8. The van der Waals surface area contributed by atoms with E-state index in [9.17, 15) is 79.0 Å². The highest BCUT2D eigenvalue weighted by Gasteiger charge is 2.66. The molecule has 7 aliphatic rings. The molecule has 0 radical (unpaired) electrons. The van der Waals surface area contributed by atoms with Crippen molar-refractivity contribution in [2.75, 3.05) is 74.3 Å². The molecule has 8 N–H and O–H groups in total. The number of nitrogens with two attached hydrogens (primary N) is 1. The molecule has 35 heteroatoms. The number of thiazole rings is 1. The lowest BCUT2D eigenvalue weighted by molar-refractivity contribution is -0.248. The fourth-order valence-corrected chi connectivity index (χ4v) is 20.1. The average molecular weight is 1620 g/mol. The topological polar surface area (TPSA) is 446 Å². The molecule has 6 atom stereocenters. The summed E-state index contributed by atoms with van der Waals surface area (Å²) in [5.41, 5.74) is 9.81. The van der Waals surface area contributed by atoms with Crippen molar-refractivity contribution in [1.82, 2.24) is 45.1 Å². The number of carboxylic acid groups (broad SMARTS) is 1. The van der Waals surface area contributed by atoms with Gasteiger partial charge in [-0.1, -0.05) is 87.6 Å². The van der Waals surface area contributed by atoms with Gasteiger partial charge in [0.15, 0.2) is 22.4 Å². The van der Waals surface area contributed by atoms with E-state index >= 15 is 0 Å². The number of likely N-dealkylation sites (tertiary alicyclic amines) is 1. The SMILES string of the molecule is Cc1c(-c2ccc(N3CCc4cccc(C(=O)Nc5nc6ccccc6s5)c4C3)nc2C(=O)O)cnn1CC12CC3(C)CC(C)(C1)CC(OCCN(CCS(=O)(=O)O)C(=O)OCc1ccc(CC(=O)[C@H](CCCNC(N)=O)NC(=O)[C@@H](CC(=O)CN4C(=O)[C@@H](N5C(=O)C=CC5=O)C[C@H]4COCCS(=O)(=O)O)C(C)C)cc1)(C3)C2. The monoisotopic (exact) mass is 1610 g/mol. The van der Waals surface area contributed by atoms with Gasteiger partial charge in [-0.05, 0) is 139 Å². The first-order valence-electron chi connectivity index (χ1n) is 37.6. The molecule has 6 aromatic rings. The average Bonchev–Trinajstić information content (AvgIpc) is 0.931. The lowest BCUT2D eigenvalue weighted by Gasteiger charge is -2.69. The zero-order valence-electron chi connectivity index (χ0n) is 63.5. The van der Waals surface area contributed by atoms with Crippen LogP contribution >= 0.6 is 11.3 Å². The third-order valence-corrected chi connectivity index (χ3v) is 24.8. The number of aromatic nitrogens is 4. The zero-order chi connectivity index (χ0) is 81.1. The number of pyridine rings is 1. The van der Waals surface area contributed by atoms with Gasteiger partial charge in [0.2, 0.25) is 11.8 Å². The number of carbonyl (C=O) groups excluding carboxylic acids is 9. The van der Waals surface area contributed by atoms with Crippen LogP contribution < -0.4 is 26.6 Å². The number of urea groups is 1. The molecule has 2 unspecified atom stereocenters. The number of ether oxygens (including phenoxy) is 3. The highest BCUT2D eigenvalue weighted by atomic mass is 32.2. The number of nitrogens with zero attached hydrogens (tertiary/aromatic N) is 8. The Kier molecular flexibility index (Phi) is 24.6. The second-order valence-electron chi connectivity index (χ2n) is 31.9. The number of rotatable bonds is 36. The van der Waals surface area contributed by atoms with E-state index in [4.69, 9.17) is 30.0 Å². The van der Waals surface area contributed by atoms with E-state index in [1.165, 1.54) is 16.2 Å². The van der Waals surface area contributed by atoms with Gasteiger partial charge in [0.1, 0.15) is 18.5 Å². The predicted molar refractivity (Wildman–Crippen MR) is 413 cm³/mol. The molecule has 113 heavy (non-hydrogen) atoms. The molecule has 32 nitrogen and oxygen atoms in total. The fourth-order valence-electron chi connectivity index (χ4n) is 18.4. The summed E-state index contributed by atoms with van der Waals surface area (Å²) in [4.78, 5) is 148. The number of hydrogen-bond donors (Lipinski definition) is 7. The van der Waals surface area contributed by atoms with Crippen molar-refractivity contribution in [3.05, 3.63) is 136 Å². The maximum atomic E-state index is 14.2. The van der Waals surface area contributed by atoms with Gasteiger partial charge in [0, 0.05) is 99.0 Å². The second kappa shape index (κ2) is 33.6. The third-order valence-electron chi connectivity index (χ3n) is 22.4. The number of fused-ring (bicyclic) bond motifs is 2. The fraction of sp³-hybridized carbons (Fsp3) is 0.500. The van der Waals surface area contributed by atoms with Crippen LogP contribution in [0.25, 0.3) is 21.3 Å². The van der Waals surface area contributed by atoms with Crippen LogP contribution in [0.2, 0.25) is 0 Å². The van der Waals surface area contributed by atoms with Crippen LogP contribution in [0.1, 0.15) is 141 Å². The van der Waals surface area contributed by atoms with Gasteiger partial charge in [0.25, 0.3) is 38.0 Å². The normalized spacial score (nSPS) is 22.4. The number of aromatic carboxylic acids is 1. The predicted octanol–water partition coefficient (Wildman–Crippen LogP) is 7.11. The molecule has 604 valence electrons. The lowest BCUT2D eigenvalue weighted by atomic mass is 9.39. The number of anilines is 2. The summed E-state index contributed by atoms with van der Waals surface area (Å²) in [6, 6.07) is 19.2. The summed E-state index contributed by atoms with van der Waals surface area (Å²) in [5, 5.41) is 24.4. The largest absolute Gasteiger partial charge is 0.476 e. The number of carbonyl (C=O) groups is 10. The van der Waals surface area contributed by atoms with Crippen molar-refractivity contribution >= 4 is 112 Å². The maximum Gasteiger partial charge on any atom is 0.410 e. The Bertz CT molecular complexity index is 4920. The first kappa shape index (κ1) is 82.5. The molecule has 4 saturated carbocycles. The van der Waals surface area contributed by atoms with E-state index in [0.717, 1.165) is 81.1 Å². The van der Waals surface area contributed by atoms with E-state index in [0.29, 0.717) is 71.2 Å². The van der Waals surface area contributed by atoms with Crippen molar-refractivity contribution in [2.24, 2.45) is 33.8 Å². The van der Waals surface area contributed by atoms with Crippen molar-refractivity contribution in [1.29, 1.82) is 0 Å². The number of imide groups is 1. The van der Waals surface area contributed by atoms with E-state index in [1.54, 1.807) is 56.4 Å². The van der Waals surface area contributed by atoms with Gasteiger partial charge < -0.3 is 50.4 Å². The van der Waals surface area contributed by atoms with E-state index in [2.05, 4.69) is 34.8 Å². The molecular formula is C78H94N12O20S3. The summed E-state index contributed by atoms with van der Waals surface area (Å²) < 4.78 is 87.2. The van der Waals surface area contributed by atoms with Gasteiger partial charge >= 0.3 is 18.1 Å². The number of para-hydroxylation sites is 1. The molecule has 3 aromatic carbocycles. The Balaban J connectivity index is 0.661. The Morgan fingerprint density at radius 2 is 1.52 bits per heavy atom. The third kappa shape index (κ3) is 19.8. The molecule has 3 aliphatic heterocycles. The number of nitrogens with one attached hydrogen (secondary N) is 3. The van der Waals surface area contributed by atoms with Crippen LogP contribution in [0.3, 0.4) is 0 Å². The molecule has 13 rings (SSSR count). The van der Waals surface area contributed by atoms with E-state index in [-0.39, 0.29) is 86.4 Å². The number of ketones is 2. The minimum Gasteiger partial charge on any atom is -0.476 e. The number of Topliss-reactive ketones (excluding diaryl/α,β-unsaturated/α-hetero) is 2. The van der Waals surface area contributed by atoms with Crippen molar-refractivity contribution in [3.63, 3.8) is 0 Å². The minimum absolute atomic E-state index is 0.000641. The number of carboxylic acids is 1. The van der Waals surface area contributed by atoms with Crippen LogP contribution in [0.5, 0.6) is 0 Å². The first-order chi connectivity index (χ1) is 53.4. The van der Waals surface area contributed by atoms with E-state index < -0.39 is 147 Å². The van der Waals surface area contributed by atoms with Gasteiger partial charge in [-0.15, -0.1) is 0 Å². The highest BCUT2D eigenvalue weighted by Crippen LogP contribution is 2.72. The van der Waals surface area contributed by atoms with Crippen LogP contribution in [-0.4, -0.2) is 212 Å². The number of hydrogen-bond acceptors (Lipinski definition) is 22. The summed E-state index contributed by atoms with van der Waals surface area (Å²) >= 11 is 1.39. The minimum atomic E-state index is -4.55. The van der Waals surface area contributed by atoms with Gasteiger partial charge in [-0.3, -0.25) is 57.6 Å². The Morgan fingerprint density at radius 1 is 0.814 bits per heavy atom. The second-order valence-corrected chi connectivity index (χ2v) is 36.1. The summed E-state index contributed by atoms with van der Waals surface area (Å²) in [6.07, 6.45) is 7.69. The molecule has 8 amide bonds. The lowest BCUT2D eigenvalue weighted by Crippen LogP contribution is -2.64. The summed E-state index contributed by atoms with van der Waals surface area (Å²) in [5.74, 6) is -8.10. The highest BCUT2D eigenvalue weighted by molar-refractivity contribution is 7.86. The summed E-state index contributed by atoms with van der Waals surface area (Å²) in [7, 11) is -8.96. The molecule has 1 saturated heterocycles. The Hall–Kier alpha value is -9.91. The smallest absolute Gasteiger partial charge is 0.410 e. The van der Waals surface area contributed by atoms with Crippen LogP contribution in [0.15, 0.2) is 97.2 Å². The molecule has 6 heterocycles. The van der Waals surface area contributed by atoms with E-state index in [1.807, 2.05) is 59.0 Å². The van der Waals surface area contributed by atoms with Crippen LogP contribution in [0, 0.1) is 35.0 Å². The van der Waals surface area contributed by atoms with Gasteiger partial charge in [-0.2, -0.15) is 21.9 Å². The maximum absolute atomic E-state index is 14.2. The van der Waals surface area contributed by atoms with Crippen molar-refractivity contribution in [3.8, 4) is 11.1 Å². The van der Waals surface area contributed by atoms with Crippen molar-refractivity contribution < 1.29 is 93.2 Å². The molecule has 4 aliphatic carbocycles. The molecule has 5 fully saturated rings. The number of benzene rings is 3. The first-order valence-corrected chi connectivity index (χ1v) is 41.6. The molecule has 3 aromatic heterocycles. The number of primary amides is 1. The molecule has 4 bridgehead atoms. The van der Waals surface area contributed by atoms with Crippen molar-refractivity contribution in [2.45, 2.75) is 155 Å². The Morgan fingerprint density at radius 3 is 2.20 bits per heavy atom. The van der Waals surface area contributed by atoms with Crippen LogP contribution in [-0.2, 0) is 95.8 Å². The summed E-state index contributed by atoms with van der Waals surface area (Å²) in [6.45, 7) is 9.10. The quantitative estimate of drug-likeness (QED) is 0.0117. The van der Waals surface area contributed by atoms with Crippen LogP contribution in [0.4, 0.5) is 20.5 Å².